The number of nitrogens with zero attached hydrogens (tertiary/aromatic N) is 3. The van der Waals surface area contributed by atoms with E-state index in [1.807, 2.05) is 50.6 Å². The van der Waals surface area contributed by atoms with E-state index < -0.39 is 0 Å². The summed E-state index contributed by atoms with van der Waals surface area (Å²) in [5.74, 6) is 0.478. The van der Waals surface area contributed by atoms with Crippen LogP contribution in [0.1, 0.15) is 29.3 Å². The normalized spacial score (nSPS) is 12.1. The molecule has 2 N–H and O–H groups in total. The Bertz CT molecular complexity index is 1620. The molecule has 7 heteroatoms. The molecule has 5 aromatic rings. The van der Waals surface area contributed by atoms with Crippen LogP contribution in [-0.4, -0.2) is 41.1 Å². The molecule has 1 unspecified atom stereocenters. The molecule has 1 amide bonds. The highest BCUT2D eigenvalue weighted by atomic mass is 16.1. The Balaban J connectivity index is 1.35. The monoisotopic (exact) mass is 493 g/mol. The largest absolute Gasteiger partial charge is 0.378 e. The van der Waals surface area contributed by atoms with Gasteiger partial charge in [-0.05, 0) is 48.4 Å². The van der Waals surface area contributed by atoms with Crippen molar-refractivity contribution in [2.24, 2.45) is 0 Å². The van der Waals surface area contributed by atoms with E-state index in [0.717, 1.165) is 27.7 Å². The SMILES string of the molecule is Cc1nc2ccccc2c(=O)n1CCC(=O)NCC(c1ccc(N(C)C)cc1)c1c[nH]c2ccccc12. The molecule has 0 saturated heterocycles. The van der Waals surface area contributed by atoms with Crippen molar-refractivity contribution in [1.29, 1.82) is 0 Å². The quantitative estimate of drug-likeness (QED) is 0.331. The minimum atomic E-state index is -0.117. The second kappa shape index (κ2) is 10.3. The molecule has 0 aliphatic carbocycles. The number of aromatic nitrogens is 3. The first-order valence-corrected chi connectivity index (χ1v) is 12.5. The summed E-state index contributed by atoms with van der Waals surface area (Å²) in [5.41, 5.74) is 5.01. The van der Waals surface area contributed by atoms with Crippen LogP contribution >= 0.6 is 0 Å². The summed E-state index contributed by atoms with van der Waals surface area (Å²) >= 11 is 0. The molecule has 0 spiro atoms. The number of H-pyrrole nitrogens is 1. The van der Waals surface area contributed by atoms with Gasteiger partial charge in [-0.3, -0.25) is 14.2 Å². The van der Waals surface area contributed by atoms with E-state index in [0.29, 0.717) is 23.3 Å². The number of amides is 1. The highest BCUT2D eigenvalue weighted by Crippen LogP contribution is 2.31. The van der Waals surface area contributed by atoms with Crippen LogP contribution in [0.25, 0.3) is 21.8 Å². The van der Waals surface area contributed by atoms with Gasteiger partial charge in [0.2, 0.25) is 5.91 Å². The van der Waals surface area contributed by atoms with Gasteiger partial charge in [0.05, 0.1) is 10.9 Å². The molecule has 1 atom stereocenters. The lowest BCUT2D eigenvalue weighted by Crippen LogP contribution is -2.31. The number of hydrogen-bond donors (Lipinski definition) is 2. The summed E-state index contributed by atoms with van der Waals surface area (Å²) in [6.07, 6.45) is 2.23. The van der Waals surface area contributed by atoms with E-state index in [2.05, 4.69) is 56.6 Å². The number of benzene rings is 3. The van der Waals surface area contributed by atoms with Crippen LogP contribution in [0.2, 0.25) is 0 Å². The fourth-order valence-electron chi connectivity index (χ4n) is 4.85. The Morgan fingerprint density at radius 3 is 2.46 bits per heavy atom. The zero-order valence-corrected chi connectivity index (χ0v) is 21.4. The lowest BCUT2D eigenvalue weighted by Gasteiger charge is -2.20. The molecule has 2 heterocycles. The lowest BCUT2D eigenvalue weighted by atomic mass is 9.90. The first kappa shape index (κ1) is 24.3. The second-order valence-corrected chi connectivity index (χ2v) is 9.52. The van der Waals surface area contributed by atoms with E-state index in [1.165, 1.54) is 0 Å². The lowest BCUT2D eigenvalue weighted by molar-refractivity contribution is -0.121. The highest BCUT2D eigenvalue weighted by molar-refractivity contribution is 5.84. The first-order chi connectivity index (χ1) is 17.9. The van der Waals surface area contributed by atoms with Gasteiger partial charge in [-0.25, -0.2) is 4.98 Å². The molecule has 3 aromatic carbocycles. The molecule has 0 radical (unpaired) electrons. The molecule has 0 saturated carbocycles. The number of aryl methyl sites for hydroxylation is 1. The van der Waals surface area contributed by atoms with Crippen LogP contribution in [0, 0.1) is 6.92 Å². The molecule has 0 fully saturated rings. The molecule has 7 nitrogen and oxygen atoms in total. The Hall–Kier alpha value is -4.39. The van der Waals surface area contributed by atoms with E-state index in [1.54, 1.807) is 17.6 Å². The van der Waals surface area contributed by atoms with Crippen molar-refractivity contribution >= 4 is 33.4 Å². The van der Waals surface area contributed by atoms with E-state index >= 15 is 0 Å². The first-order valence-electron chi connectivity index (χ1n) is 12.5. The topological polar surface area (TPSA) is 83.0 Å². The van der Waals surface area contributed by atoms with Gasteiger partial charge in [0.1, 0.15) is 5.82 Å². The number of aromatic amines is 1. The predicted octanol–water partition coefficient (Wildman–Crippen LogP) is 4.59. The number of carbonyl (C=O) groups excluding carboxylic acids is 1. The molecule has 0 aliphatic heterocycles. The number of rotatable bonds is 8. The van der Waals surface area contributed by atoms with Crippen LogP contribution < -0.4 is 15.8 Å². The summed E-state index contributed by atoms with van der Waals surface area (Å²) in [6.45, 7) is 2.53. The van der Waals surface area contributed by atoms with Gasteiger partial charge < -0.3 is 15.2 Å². The summed E-state index contributed by atoms with van der Waals surface area (Å²) < 4.78 is 1.58. The summed E-state index contributed by atoms with van der Waals surface area (Å²) in [7, 11) is 4.04. The fourth-order valence-corrected chi connectivity index (χ4v) is 4.85. The number of nitrogens with one attached hydrogen (secondary N) is 2. The zero-order chi connectivity index (χ0) is 25.9. The molecule has 188 valence electrons. The van der Waals surface area contributed by atoms with Gasteiger partial charge in [0, 0.05) is 62.3 Å². The van der Waals surface area contributed by atoms with Gasteiger partial charge in [0.15, 0.2) is 0 Å². The number of hydrogen-bond acceptors (Lipinski definition) is 4. The standard InChI is InChI=1S/C30H31N5O2/c1-20-33-28-11-7-5-9-24(28)30(37)35(20)17-16-29(36)32-18-25(21-12-14-22(15-13-21)34(2)3)26-19-31-27-10-6-4-8-23(26)27/h4-15,19,25,31H,16-18H2,1-3H3,(H,32,36). The number of para-hydroxylation sites is 2. The second-order valence-electron chi connectivity index (χ2n) is 9.52. The van der Waals surface area contributed by atoms with Crippen molar-refractivity contribution in [1.82, 2.24) is 19.9 Å². The van der Waals surface area contributed by atoms with Crippen molar-refractivity contribution in [3.8, 4) is 0 Å². The van der Waals surface area contributed by atoms with E-state index in [9.17, 15) is 9.59 Å². The fraction of sp³-hybridized carbons (Fsp3) is 0.233. The third kappa shape index (κ3) is 4.98. The maximum absolute atomic E-state index is 13.0. The average molecular weight is 494 g/mol. The van der Waals surface area contributed by atoms with E-state index in [4.69, 9.17) is 0 Å². The van der Waals surface area contributed by atoms with Crippen LogP contribution in [0.4, 0.5) is 5.69 Å². The number of carbonyl (C=O) groups is 1. The van der Waals surface area contributed by atoms with Gasteiger partial charge in [-0.1, -0.05) is 42.5 Å². The molecule has 5 rings (SSSR count). The molecular formula is C30H31N5O2. The minimum absolute atomic E-state index is 0.0249. The Labute approximate surface area is 215 Å². The van der Waals surface area contributed by atoms with Gasteiger partial charge in [-0.2, -0.15) is 0 Å². The predicted molar refractivity (Wildman–Crippen MR) is 149 cm³/mol. The molecule has 2 aromatic heterocycles. The Morgan fingerprint density at radius 2 is 1.70 bits per heavy atom. The van der Waals surface area contributed by atoms with Crippen LogP contribution in [0.15, 0.2) is 83.8 Å². The van der Waals surface area contributed by atoms with Gasteiger partial charge in [-0.15, -0.1) is 0 Å². The van der Waals surface area contributed by atoms with Crippen molar-refractivity contribution in [3.63, 3.8) is 0 Å². The van der Waals surface area contributed by atoms with Crippen molar-refractivity contribution < 1.29 is 4.79 Å². The van der Waals surface area contributed by atoms with Crippen molar-refractivity contribution in [2.45, 2.75) is 25.8 Å². The van der Waals surface area contributed by atoms with Crippen molar-refractivity contribution in [2.75, 3.05) is 25.5 Å². The molecule has 0 bridgehead atoms. The third-order valence-corrected chi connectivity index (χ3v) is 6.93. The van der Waals surface area contributed by atoms with Crippen molar-refractivity contribution in [3.05, 3.63) is 106 Å². The van der Waals surface area contributed by atoms with E-state index in [-0.39, 0.29) is 30.3 Å². The molecule has 37 heavy (non-hydrogen) atoms. The molecular weight excluding hydrogens is 462 g/mol. The smallest absolute Gasteiger partial charge is 0.261 e. The summed E-state index contributed by atoms with van der Waals surface area (Å²) in [4.78, 5) is 35.9. The maximum Gasteiger partial charge on any atom is 0.261 e. The summed E-state index contributed by atoms with van der Waals surface area (Å²) in [5, 5.41) is 4.82. The third-order valence-electron chi connectivity index (χ3n) is 6.93. The Kier molecular flexibility index (Phi) is 6.77. The Morgan fingerprint density at radius 1 is 1.00 bits per heavy atom. The average Bonchev–Trinajstić information content (AvgIpc) is 3.33. The highest BCUT2D eigenvalue weighted by Gasteiger charge is 2.20. The van der Waals surface area contributed by atoms with Crippen LogP contribution in [0.3, 0.4) is 0 Å². The summed E-state index contributed by atoms with van der Waals surface area (Å²) in [6, 6.07) is 23.9. The maximum atomic E-state index is 13.0. The van der Waals surface area contributed by atoms with Crippen LogP contribution in [0.5, 0.6) is 0 Å². The minimum Gasteiger partial charge on any atom is -0.378 e. The van der Waals surface area contributed by atoms with Gasteiger partial charge in [0.25, 0.3) is 5.56 Å². The molecule has 0 aliphatic rings. The number of fused-ring (bicyclic) bond motifs is 2. The van der Waals surface area contributed by atoms with Gasteiger partial charge >= 0.3 is 0 Å². The zero-order valence-electron chi connectivity index (χ0n) is 21.4. The number of anilines is 1. The van der Waals surface area contributed by atoms with Crippen LogP contribution in [-0.2, 0) is 11.3 Å².